The van der Waals surface area contributed by atoms with E-state index in [0.29, 0.717) is 0 Å². The zero-order valence-electron chi connectivity index (χ0n) is 16.0. The number of hydrogen-bond acceptors (Lipinski definition) is 1. The van der Waals surface area contributed by atoms with E-state index in [9.17, 15) is 0 Å². The quantitative estimate of drug-likeness (QED) is 0.265. The van der Waals surface area contributed by atoms with Gasteiger partial charge in [0.2, 0.25) is 0 Å². The molecule has 0 unspecified atom stereocenters. The van der Waals surface area contributed by atoms with E-state index in [-0.39, 0.29) is 0 Å². The first-order valence-electron chi connectivity index (χ1n) is 10.4. The van der Waals surface area contributed by atoms with Crippen LogP contribution in [0.2, 0.25) is 0 Å². The van der Waals surface area contributed by atoms with Gasteiger partial charge in [-0.3, -0.25) is 0 Å². The van der Waals surface area contributed by atoms with E-state index in [1.165, 1.54) is 89.9 Å². The normalized spacial score (nSPS) is 10.9. The molecule has 0 aliphatic heterocycles. The first kappa shape index (κ1) is 21.1. The van der Waals surface area contributed by atoms with Crippen molar-refractivity contribution >= 4 is 0 Å². The summed E-state index contributed by atoms with van der Waals surface area (Å²) >= 11 is 0. The van der Waals surface area contributed by atoms with Gasteiger partial charge in [0.05, 0.1) is 6.61 Å². The summed E-state index contributed by atoms with van der Waals surface area (Å²) < 4.78 is 5.72. The van der Waals surface area contributed by atoms with Gasteiger partial charge in [0, 0.05) is 0 Å². The number of para-hydroxylation sites is 1. The molecule has 0 fully saturated rings. The fourth-order valence-corrected chi connectivity index (χ4v) is 3.10. The molecule has 0 saturated carbocycles. The fraction of sp³-hybridized carbons (Fsp3) is 0.696. The van der Waals surface area contributed by atoms with Crippen LogP contribution in [0.1, 0.15) is 96.8 Å². The summed E-state index contributed by atoms with van der Waals surface area (Å²) in [4.78, 5) is 0. The molecular formula is C23H39O. The Hall–Kier alpha value is -0.980. The van der Waals surface area contributed by atoms with Gasteiger partial charge in [0.1, 0.15) is 5.75 Å². The summed E-state index contributed by atoms with van der Waals surface area (Å²) in [7, 11) is 0. The van der Waals surface area contributed by atoms with Gasteiger partial charge < -0.3 is 4.74 Å². The summed E-state index contributed by atoms with van der Waals surface area (Å²) in [6.45, 7) is 3.03. The maximum atomic E-state index is 5.72. The van der Waals surface area contributed by atoms with Crippen molar-refractivity contribution in [2.45, 2.75) is 96.8 Å². The summed E-state index contributed by atoms with van der Waals surface area (Å²) in [6, 6.07) is 10.1. The van der Waals surface area contributed by atoms with Crippen molar-refractivity contribution in [1.29, 1.82) is 0 Å². The van der Waals surface area contributed by atoms with Crippen LogP contribution in [0.4, 0.5) is 0 Å². The lowest BCUT2D eigenvalue weighted by Gasteiger charge is -2.06. The first-order valence-corrected chi connectivity index (χ1v) is 10.4. The minimum absolute atomic E-state index is 0.861. The zero-order valence-corrected chi connectivity index (χ0v) is 16.0. The molecule has 0 aliphatic rings. The lowest BCUT2D eigenvalue weighted by molar-refractivity contribution is 0.304. The van der Waals surface area contributed by atoms with Crippen molar-refractivity contribution in [2.75, 3.05) is 6.61 Å². The zero-order chi connectivity index (χ0) is 17.1. The standard InChI is InChI=1S/C23H39O/c1-2-3-4-5-6-7-8-9-10-11-12-13-14-15-19-22-24-23-20-17-16-18-21-23/h2,16-18,20-21H,3-15,19,22H2,1H3. The lowest BCUT2D eigenvalue weighted by atomic mass is 10.0. The molecule has 0 spiro atoms. The topological polar surface area (TPSA) is 9.23 Å². The van der Waals surface area contributed by atoms with Crippen molar-refractivity contribution in [3.05, 3.63) is 36.8 Å². The molecule has 1 aromatic rings. The smallest absolute Gasteiger partial charge is 0.119 e. The number of hydrogen-bond donors (Lipinski definition) is 0. The molecule has 1 radical (unpaired) electrons. The molecular weight excluding hydrogens is 292 g/mol. The third kappa shape index (κ3) is 13.5. The number of ether oxygens (including phenoxy) is 1. The molecule has 1 aromatic carbocycles. The molecule has 0 aromatic heterocycles. The van der Waals surface area contributed by atoms with E-state index >= 15 is 0 Å². The van der Waals surface area contributed by atoms with Crippen LogP contribution in [0.5, 0.6) is 5.75 Å². The summed E-state index contributed by atoms with van der Waals surface area (Å²) in [5.41, 5.74) is 0. The fourth-order valence-electron chi connectivity index (χ4n) is 3.10. The molecule has 0 bridgehead atoms. The van der Waals surface area contributed by atoms with Gasteiger partial charge in [-0.15, -0.1) is 0 Å². The second kappa shape index (κ2) is 16.9. The minimum atomic E-state index is 0.861. The highest BCUT2D eigenvalue weighted by Gasteiger charge is 1.95. The van der Waals surface area contributed by atoms with Crippen LogP contribution in [-0.4, -0.2) is 6.61 Å². The highest BCUT2D eigenvalue weighted by molar-refractivity contribution is 5.20. The Bertz CT molecular complexity index is 346. The van der Waals surface area contributed by atoms with Gasteiger partial charge in [-0.05, 0) is 25.0 Å². The van der Waals surface area contributed by atoms with E-state index in [1.54, 1.807) is 0 Å². The molecule has 0 heterocycles. The summed E-state index contributed by atoms with van der Waals surface area (Å²) in [5, 5.41) is 0. The van der Waals surface area contributed by atoms with Crippen molar-refractivity contribution < 1.29 is 4.74 Å². The maximum Gasteiger partial charge on any atom is 0.119 e. The second-order valence-corrected chi connectivity index (χ2v) is 6.95. The molecule has 137 valence electrons. The summed E-state index contributed by atoms with van der Waals surface area (Å²) in [5.74, 6) is 1.00. The van der Waals surface area contributed by atoms with Crippen LogP contribution < -0.4 is 4.74 Å². The van der Waals surface area contributed by atoms with Crippen molar-refractivity contribution in [1.82, 2.24) is 0 Å². The van der Waals surface area contributed by atoms with Gasteiger partial charge in [-0.1, -0.05) is 109 Å². The predicted molar refractivity (Wildman–Crippen MR) is 107 cm³/mol. The van der Waals surface area contributed by atoms with E-state index in [2.05, 4.69) is 13.3 Å². The second-order valence-electron chi connectivity index (χ2n) is 6.95. The number of rotatable bonds is 17. The van der Waals surface area contributed by atoms with Gasteiger partial charge in [-0.25, -0.2) is 0 Å². The Kier molecular flexibility index (Phi) is 14.8. The van der Waals surface area contributed by atoms with Gasteiger partial charge in [-0.2, -0.15) is 0 Å². The Labute approximate surface area is 151 Å². The highest BCUT2D eigenvalue weighted by atomic mass is 16.5. The van der Waals surface area contributed by atoms with E-state index < -0.39 is 0 Å². The predicted octanol–water partition coefficient (Wildman–Crippen LogP) is 7.75. The van der Waals surface area contributed by atoms with Gasteiger partial charge >= 0.3 is 0 Å². The summed E-state index contributed by atoms with van der Waals surface area (Å²) in [6.07, 6.45) is 21.8. The molecule has 0 atom stereocenters. The molecule has 1 heteroatoms. The SMILES string of the molecule is C[CH]CCCCCCCCCCCCCCCOc1ccccc1. The average molecular weight is 332 g/mol. The van der Waals surface area contributed by atoms with Gasteiger partial charge in [0.15, 0.2) is 0 Å². The average Bonchev–Trinajstić information content (AvgIpc) is 2.62. The van der Waals surface area contributed by atoms with Crippen LogP contribution in [0.25, 0.3) is 0 Å². The largest absolute Gasteiger partial charge is 0.494 e. The van der Waals surface area contributed by atoms with Gasteiger partial charge in [0.25, 0.3) is 0 Å². The van der Waals surface area contributed by atoms with Crippen LogP contribution in [0.3, 0.4) is 0 Å². The molecule has 0 saturated heterocycles. The Morgan fingerprint density at radius 2 is 1.08 bits per heavy atom. The maximum absolute atomic E-state index is 5.72. The first-order chi connectivity index (χ1) is 11.9. The van der Waals surface area contributed by atoms with Crippen molar-refractivity contribution in [3.8, 4) is 5.75 Å². The minimum Gasteiger partial charge on any atom is -0.494 e. The van der Waals surface area contributed by atoms with Crippen molar-refractivity contribution in [2.24, 2.45) is 0 Å². The highest BCUT2D eigenvalue weighted by Crippen LogP contribution is 2.14. The van der Waals surface area contributed by atoms with Crippen LogP contribution in [0, 0.1) is 6.42 Å². The van der Waals surface area contributed by atoms with Crippen LogP contribution in [0.15, 0.2) is 30.3 Å². The Morgan fingerprint density at radius 3 is 1.58 bits per heavy atom. The van der Waals surface area contributed by atoms with Crippen LogP contribution >= 0.6 is 0 Å². The van der Waals surface area contributed by atoms with Crippen molar-refractivity contribution in [3.63, 3.8) is 0 Å². The Balaban J connectivity index is 1.70. The number of unbranched alkanes of at least 4 members (excludes halogenated alkanes) is 14. The molecule has 0 aliphatic carbocycles. The Morgan fingerprint density at radius 1 is 0.625 bits per heavy atom. The van der Waals surface area contributed by atoms with E-state index in [1.807, 2.05) is 30.3 Å². The van der Waals surface area contributed by atoms with E-state index in [4.69, 9.17) is 4.74 Å². The third-order valence-electron chi connectivity index (χ3n) is 4.65. The molecule has 0 amide bonds. The van der Waals surface area contributed by atoms with Crippen LogP contribution in [-0.2, 0) is 0 Å². The molecule has 1 nitrogen and oxygen atoms in total. The monoisotopic (exact) mass is 331 g/mol. The molecule has 1 rings (SSSR count). The lowest BCUT2D eigenvalue weighted by Crippen LogP contribution is -1.96. The number of benzene rings is 1. The molecule has 0 N–H and O–H groups in total. The molecule has 24 heavy (non-hydrogen) atoms. The van der Waals surface area contributed by atoms with E-state index in [0.717, 1.165) is 12.4 Å². The third-order valence-corrected chi connectivity index (χ3v) is 4.65.